The Morgan fingerprint density at radius 2 is 2.00 bits per heavy atom. The fraction of sp³-hybridized carbons (Fsp3) is 0.583. The molecule has 0 saturated heterocycles. The first kappa shape index (κ1) is 15.2. The van der Waals surface area contributed by atoms with Gasteiger partial charge in [0.25, 0.3) is 0 Å². The fourth-order valence-electron chi connectivity index (χ4n) is 1.40. The molecule has 0 fully saturated rings. The number of methoxy groups -OCH3 is 1. The molecule has 0 unspecified atom stereocenters. The van der Waals surface area contributed by atoms with E-state index in [1.807, 2.05) is 14.1 Å². The van der Waals surface area contributed by atoms with Crippen molar-refractivity contribution in [1.82, 2.24) is 14.9 Å². The standard InChI is InChI=1S/C12H21N5O2/c1-17(2)6-4-5-13-10-7-11(16-9-15-10)14-8-12(18)19-3/h7,9H,4-6,8H2,1-3H3,(H2,13,14,15,16). The van der Waals surface area contributed by atoms with Gasteiger partial charge in [-0.3, -0.25) is 4.79 Å². The SMILES string of the molecule is COC(=O)CNc1cc(NCCCN(C)C)ncn1. The Balaban J connectivity index is 2.37. The Kier molecular flexibility index (Phi) is 6.59. The number of rotatable bonds is 8. The second kappa shape index (κ2) is 8.25. The van der Waals surface area contributed by atoms with Crippen LogP contribution in [0, 0.1) is 0 Å². The molecular weight excluding hydrogens is 246 g/mol. The maximum absolute atomic E-state index is 11.0. The van der Waals surface area contributed by atoms with Gasteiger partial charge in [0.05, 0.1) is 7.11 Å². The summed E-state index contributed by atoms with van der Waals surface area (Å²) < 4.78 is 4.54. The van der Waals surface area contributed by atoms with E-state index in [0.29, 0.717) is 5.82 Å². The van der Waals surface area contributed by atoms with Crippen molar-refractivity contribution in [3.63, 3.8) is 0 Å². The topological polar surface area (TPSA) is 79.4 Å². The summed E-state index contributed by atoms with van der Waals surface area (Å²) in [5.41, 5.74) is 0. The molecule has 0 amide bonds. The number of anilines is 2. The van der Waals surface area contributed by atoms with Crippen LogP contribution >= 0.6 is 0 Å². The number of nitrogens with one attached hydrogen (secondary N) is 2. The van der Waals surface area contributed by atoms with E-state index < -0.39 is 0 Å². The van der Waals surface area contributed by atoms with Crippen LogP contribution in [0.25, 0.3) is 0 Å². The highest BCUT2D eigenvalue weighted by atomic mass is 16.5. The molecule has 1 aromatic rings. The van der Waals surface area contributed by atoms with Gasteiger partial charge < -0.3 is 20.3 Å². The van der Waals surface area contributed by atoms with Crippen LogP contribution in [0.4, 0.5) is 11.6 Å². The normalized spacial score (nSPS) is 10.3. The van der Waals surface area contributed by atoms with Crippen LogP contribution in [0.1, 0.15) is 6.42 Å². The lowest BCUT2D eigenvalue weighted by Gasteiger charge is -2.10. The fourth-order valence-corrected chi connectivity index (χ4v) is 1.40. The number of aromatic nitrogens is 2. The maximum Gasteiger partial charge on any atom is 0.325 e. The van der Waals surface area contributed by atoms with Crippen molar-refractivity contribution in [2.45, 2.75) is 6.42 Å². The summed E-state index contributed by atoms with van der Waals surface area (Å²) in [4.78, 5) is 21.3. The first-order valence-electron chi connectivity index (χ1n) is 6.13. The third kappa shape index (κ3) is 6.56. The maximum atomic E-state index is 11.0. The van der Waals surface area contributed by atoms with Gasteiger partial charge in [0.15, 0.2) is 0 Å². The Labute approximate surface area is 113 Å². The number of carbonyl (C=O) groups excluding carboxylic acids is 1. The van der Waals surface area contributed by atoms with Gasteiger partial charge >= 0.3 is 5.97 Å². The summed E-state index contributed by atoms with van der Waals surface area (Å²) in [5, 5.41) is 6.08. The quantitative estimate of drug-likeness (QED) is 0.522. The Bertz CT molecular complexity index is 397. The molecule has 0 aromatic carbocycles. The first-order chi connectivity index (χ1) is 9.11. The van der Waals surface area contributed by atoms with E-state index in [4.69, 9.17) is 0 Å². The van der Waals surface area contributed by atoms with Crippen LogP contribution in [0.15, 0.2) is 12.4 Å². The van der Waals surface area contributed by atoms with Gasteiger partial charge in [0.1, 0.15) is 24.5 Å². The number of hydrogen-bond acceptors (Lipinski definition) is 7. The predicted octanol–water partition coefficient (Wildman–Crippen LogP) is 0.425. The third-order valence-corrected chi connectivity index (χ3v) is 2.40. The summed E-state index contributed by atoms with van der Waals surface area (Å²) in [6.45, 7) is 1.95. The van der Waals surface area contributed by atoms with Gasteiger partial charge in [-0.2, -0.15) is 0 Å². The zero-order valence-corrected chi connectivity index (χ0v) is 11.6. The van der Waals surface area contributed by atoms with Crippen molar-refractivity contribution in [3.8, 4) is 0 Å². The number of hydrogen-bond donors (Lipinski definition) is 2. The Morgan fingerprint density at radius 1 is 1.32 bits per heavy atom. The highest BCUT2D eigenvalue weighted by molar-refractivity contribution is 5.74. The molecule has 7 nitrogen and oxygen atoms in total. The third-order valence-electron chi connectivity index (χ3n) is 2.40. The van der Waals surface area contributed by atoms with Crippen LogP contribution < -0.4 is 10.6 Å². The van der Waals surface area contributed by atoms with E-state index in [0.717, 1.165) is 25.3 Å². The molecule has 2 N–H and O–H groups in total. The van der Waals surface area contributed by atoms with Crippen molar-refractivity contribution < 1.29 is 9.53 Å². The molecule has 106 valence electrons. The molecule has 1 aromatic heterocycles. The van der Waals surface area contributed by atoms with E-state index >= 15 is 0 Å². The van der Waals surface area contributed by atoms with Gasteiger partial charge in [-0.1, -0.05) is 0 Å². The molecule has 1 heterocycles. The second-order valence-corrected chi connectivity index (χ2v) is 4.30. The van der Waals surface area contributed by atoms with E-state index in [2.05, 4.69) is 30.2 Å². The molecule has 0 bridgehead atoms. The zero-order chi connectivity index (χ0) is 14.1. The van der Waals surface area contributed by atoms with Crippen molar-refractivity contribution in [1.29, 1.82) is 0 Å². The average Bonchev–Trinajstić information content (AvgIpc) is 2.41. The summed E-state index contributed by atoms with van der Waals surface area (Å²) in [6, 6.07) is 1.76. The van der Waals surface area contributed by atoms with Crippen LogP contribution in [-0.2, 0) is 9.53 Å². The molecular formula is C12H21N5O2. The molecule has 0 saturated carbocycles. The van der Waals surface area contributed by atoms with Crippen LogP contribution in [-0.4, -0.2) is 61.7 Å². The largest absolute Gasteiger partial charge is 0.468 e. The second-order valence-electron chi connectivity index (χ2n) is 4.30. The van der Waals surface area contributed by atoms with Gasteiger partial charge in [0, 0.05) is 12.6 Å². The average molecular weight is 267 g/mol. The van der Waals surface area contributed by atoms with Crippen molar-refractivity contribution in [3.05, 3.63) is 12.4 Å². The van der Waals surface area contributed by atoms with E-state index in [1.54, 1.807) is 6.07 Å². The van der Waals surface area contributed by atoms with Crippen molar-refractivity contribution >= 4 is 17.6 Å². The van der Waals surface area contributed by atoms with Crippen molar-refractivity contribution in [2.24, 2.45) is 0 Å². The minimum atomic E-state index is -0.334. The minimum Gasteiger partial charge on any atom is -0.468 e. The Hall–Kier alpha value is -1.89. The van der Waals surface area contributed by atoms with E-state index in [1.165, 1.54) is 13.4 Å². The van der Waals surface area contributed by atoms with E-state index in [-0.39, 0.29) is 12.5 Å². The Morgan fingerprint density at radius 3 is 2.63 bits per heavy atom. The molecule has 0 aliphatic carbocycles. The summed E-state index contributed by atoms with van der Waals surface area (Å²) >= 11 is 0. The lowest BCUT2D eigenvalue weighted by molar-refractivity contribution is -0.138. The summed E-state index contributed by atoms with van der Waals surface area (Å²) in [7, 11) is 5.43. The van der Waals surface area contributed by atoms with Gasteiger partial charge in [-0.25, -0.2) is 9.97 Å². The van der Waals surface area contributed by atoms with Gasteiger partial charge in [-0.05, 0) is 27.1 Å². The molecule has 0 aliphatic rings. The summed E-state index contributed by atoms with van der Waals surface area (Å²) in [6.07, 6.45) is 2.48. The first-order valence-corrected chi connectivity index (χ1v) is 6.13. The van der Waals surface area contributed by atoms with Crippen LogP contribution in [0.2, 0.25) is 0 Å². The van der Waals surface area contributed by atoms with E-state index in [9.17, 15) is 4.79 Å². The molecule has 1 rings (SSSR count). The summed E-state index contributed by atoms with van der Waals surface area (Å²) in [5.74, 6) is 0.996. The minimum absolute atomic E-state index is 0.0909. The smallest absolute Gasteiger partial charge is 0.325 e. The predicted molar refractivity (Wildman–Crippen MR) is 74.2 cm³/mol. The lowest BCUT2D eigenvalue weighted by atomic mass is 10.4. The molecule has 0 radical (unpaired) electrons. The highest BCUT2D eigenvalue weighted by Gasteiger charge is 2.02. The van der Waals surface area contributed by atoms with Crippen LogP contribution in [0.5, 0.6) is 0 Å². The molecule has 19 heavy (non-hydrogen) atoms. The molecule has 0 atom stereocenters. The number of nitrogens with zero attached hydrogens (tertiary/aromatic N) is 3. The molecule has 0 spiro atoms. The molecule has 7 heteroatoms. The monoisotopic (exact) mass is 267 g/mol. The van der Waals surface area contributed by atoms with Gasteiger partial charge in [-0.15, -0.1) is 0 Å². The lowest BCUT2D eigenvalue weighted by Crippen LogP contribution is -2.17. The molecule has 0 aliphatic heterocycles. The highest BCUT2D eigenvalue weighted by Crippen LogP contribution is 2.08. The zero-order valence-electron chi connectivity index (χ0n) is 11.6. The number of ether oxygens (including phenoxy) is 1. The van der Waals surface area contributed by atoms with Gasteiger partial charge in [0.2, 0.25) is 0 Å². The number of esters is 1. The number of carbonyl (C=O) groups is 1. The van der Waals surface area contributed by atoms with Crippen LogP contribution in [0.3, 0.4) is 0 Å². The van der Waals surface area contributed by atoms with Crippen molar-refractivity contribution in [2.75, 3.05) is 51.5 Å².